The standard InChI is InChI=1S/C17H19N3S/c1-10-6-5-7-14(8-10)12(3)18-17-16-15(9-11(2)21-16)19-13(4)20-17/h5-9,12H,1-4H3,(H,18,19,20)/t12-/m1/s1. The maximum atomic E-state index is 4.59. The van der Waals surface area contributed by atoms with Gasteiger partial charge >= 0.3 is 0 Å². The maximum absolute atomic E-state index is 4.59. The summed E-state index contributed by atoms with van der Waals surface area (Å²) in [6, 6.07) is 10.9. The van der Waals surface area contributed by atoms with Crippen LogP contribution in [0, 0.1) is 20.8 Å². The number of hydrogen-bond donors (Lipinski definition) is 1. The van der Waals surface area contributed by atoms with Crippen molar-refractivity contribution in [2.75, 3.05) is 5.32 Å². The van der Waals surface area contributed by atoms with Crippen LogP contribution in [-0.2, 0) is 0 Å². The smallest absolute Gasteiger partial charge is 0.148 e. The highest BCUT2D eigenvalue weighted by Crippen LogP contribution is 2.31. The first kappa shape index (κ1) is 14.0. The average Bonchev–Trinajstić information content (AvgIpc) is 2.79. The van der Waals surface area contributed by atoms with Gasteiger partial charge in [-0.25, -0.2) is 9.97 Å². The quantitative estimate of drug-likeness (QED) is 0.755. The first-order valence-corrected chi connectivity index (χ1v) is 7.92. The molecule has 2 heterocycles. The van der Waals surface area contributed by atoms with Crippen LogP contribution in [0.15, 0.2) is 30.3 Å². The molecule has 0 saturated heterocycles. The molecule has 0 saturated carbocycles. The predicted octanol–water partition coefficient (Wildman–Crippen LogP) is 4.79. The fourth-order valence-corrected chi connectivity index (χ4v) is 3.39. The van der Waals surface area contributed by atoms with Gasteiger partial charge in [0.05, 0.1) is 10.2 Å². The first-order chi connectivity index (χ1) is 10.0. The normalized spacial score (nSPS) is 12.6. The molecule has 3 rings (SSSR count). The number of aromatic nitrogens is 2. The molecule has 0 radical (unpaired) electrons. The van der Waals surface area contributed by atoms with Crippen LogP contribution >= 0.6 is 11.3 Å². The molecule has 0 fully saturated rings. The van der Waals surface area contributed by atoms with E-state index in [-0.39, 0.29) is 6.04 Å². The second-order valence-electron chi connectivity index (χ2n) is 5.47. The lowest BCUT2D eigenvalue weighted by atomic mass is 10.1. The molecule has 2 aromatic heterocycles. The number of rotatable bonds is 3. The number of aryl methyl sites for hydroxylation is 3. The Hall–Kier alpha value is -1.94. The van der Waals surface area contributed by atoms with Gasteiger partial charge in [0.1, 0.15) is 11.6 Å². The molecule has 3 aromatic rings. The van der Waals surface area contributed by atoms with E-state index in [1.807, 2.05) is 6.92 Å². The fourth-order valence-electron chi connectivity index (χ4n) is 2.49. The lowest BCUT2D eigenvalue weighted by Gasteiger charge is -2.16. The lowest BCUT2D eigenvalue weighted by Crippen LogP contribution is -2.09. The van der Waals surface area contributed by atoms with E-state index in [4.69, 9.17) is 0 Å². The molecule has 4 heteroatoms. The molecule has 0 aliphatic heterocycles. The van der Waals surface area contributed by atoms with Gasteiger partial charge in [-0.15, -0.1) is 11.3 Å². The maximum Gasteiger partial charge on any atom is 0.148 e. The molecule has 0 amide bonds. The van der Waals surface area contributed by atoms with Crippen molar-refractivity contribution in [3.63, 3.8) is 0 Å². The van der Waals surface area contributed by atoms with Crippen LogP contribution in [-0.4, -0.2) is 9.97 Å². The van der Waals surface area contributed by atoms with Crippen LogP contribution in [0.5, 0.6) is 0 Å². The van der Waals surface area contributed by atoms with Crippen molar-refractivity contribution < 1.29 is 0 Å². The van der Waals surface area contributed by atoms with Crippen LogP contribution < -0.4 is 5.32 Å². The highest BCUT2D eigenvalue weighted by Gasteiger charge is 2.12. The van der Waals surface area contributed by atoms with Crippen molar-refractivity contribution in [1.29, 1.82) is 0 Å². The third kappa shape index (κ3) is 2.90. The second kappa shape index (κ2) is 5.45. The molecule has 108 valence electrons. The summed E-state index contributed by atoms with van der Waals surface area (Å²) in [5.74, 6) is 1.74. The number of nitrogens with zero attached hydrogens (tertiary/aromatic N) is 2. The van der Waals surface area contributed by atoms with Crippen molar-refractivity contribution in [1.82, 2.24) is 9.97 Å². The molecular weight excluding hydrogens is 278 g/mol. The molecule has 0 aliphatic rings. The Labute approximate surface area is 129 Å². The first-order valence-electron chi connectivity index (χ1n) is 7.11. The van der Waals surface area contributed by atoms with Crippen molar-refractivity contribution in [3.05, 3.63) is 52.2 Å². The summed E-state index contributed by atoms with van der Waals surface area (Å²) in [5.41, 5.74) is 3.58. The van der Waals surface area contributed by atoms with E-state index in [1.165, 1.54) is 16.0 Å². The van der Waals surface area contributed by atoms with E-state index in [0.29, 0.717) is 0 Å². The van der Waals surface area contributed by atoms with E-state index in [9.17, 15) is 0 Å². The Balaban J connectivity index is 1.97. The molecule has 1 N–H and O–H groups in total. The summed E-state index contributed by atoms with van der Waals surface area (Å²) in [5, 5.41) is 3.54. The number of nitrogens with one attached hydrogen (secondary N) is 1. The second-order valence-corrected chi connectivity index (χ2v) is 6.73. The minimum Gasteiger partial charge on any atom is -0.362 e. The molecule has 0 spiro atoms. The number of thiophene rings is 1. The summed E-state index contributed by atoms with van der Waals surface area (Å²) in [6.07, 6.45) is 0. The van der Waals surface area contributed by atoms with Crippen LogP contribution in [0.3, 0.4) is 0 Å². The van der Waals surface area contributed by atoms with Gasteiger partial charge in [-0.05, 0) is 39.3 Å². The van der Waals surface area contributed by atoms with Crippen LogP contribution in [0.4, 0.5) is 5.82 Å². The van der Waals surface area contributed by atoms with E-state index in [0.717, 1.165) is 21.9 Å². The Bertz CT molecular complexity index is 792. The summed E-state index contributed by atoms with van der Waals surface area (Å²) in [6.45, 7) is 8.33. The molecule has 1 aromatic carbocycles. The van der Waals surface area contributed by atoms with Crippen LogP contribution in [0.2, 0.25) is 0 Å². The van der Waals surface area contributed by atoms with E-state index < -0.39 is 0 Å². The summed E-state index contributed by atoms with van der Waals surface area (Å²) in [4.78, 5) is 10.4. The van der Waals surface area contributed by atoms with Crippen LogP contribution in [0.1, 0.15) is 34.8 Å². The van der Waals surface area contributed by atoms with Crippen molar-refractivity contribution >= 4 is 27.4 Å². The number of hydrogen-bond acceptors (Lipinski definition) is 4. The van der Waals surface area contributed by atoms with Gasteiger partial charge in [0, 0.05) is 10.9 Å². The Morgan fingerprint density at radius 2 is 1.90 bits per heavy atom. The van der Waals surface area contributed by atoms with Crippen molar-refractivity contribution in [2.45, 2.75) is 33.7 Å². The zero-order chi connectivity index (χ0) is 15.0. The highest BCUT2D eigenvalue weighted by atomic mass is 32.1. The van der Waals surface area contributed by atoms with Crippen molar-refractivity contribution in [3.8, 4) is 0 Å². The molecule has 3 nitrogen and oxygen atoms in total. The van der Waals surface area contributed by atoms with E-state index in [2.05, 4.69) is 66.4 Å². The Morgan fingerprint density at radius 3 is 2.67 bits per heavy atom. The average molecular weight is 297 g/mol. The molecule has 21 heavy (non-hydrogen) atoms. The highest BCUT2D eigenvalue weighted by molar-refractivity contribution is 7.19. The molecule has 0 unspecified atom stereocenters. The third-order valence-electron chi connectivity index (χ3n) is 3.50. The van der Waals surface area contributed by atoms with Crippen molar-refractivity contribution in [2.24, 2.45) is 0 Å². The monoisotopic (exact) mass is 297 g/mol. The number of fused-ring (bicyclic) bond motifs is 1. The van der Waals surface area contributed by atoms with Gasteiger partial charge in [-0.2, -0.15) is 0 Å². The summed E-state index contributed by atoms with van der Waals surface area (Å²) < 4.78 is 1.14. The Kier molecular flexibility index (Phi) is 3.64. The van der Waals surface area contributed by atoms with Gasteiger partial charge in [-0.1, -0.05) is 29.8 Å². The molecular formula is C17H19N3S. The molecule has 1 atom stereocenters. The lowest BCUT2D eigenvalue weighted by molar-refractivity contribution is 0.871. The zero-order valence-corrected chi connectivity index (χ0v) is 13.6. The number of benzene rings is 1. The van der Waals surface area contributed by atoms with Crippen LogP contribution in [0.25, 0.3) is 10.2 Å². The van der Waals surface area contributed by atoms with E-state index >= 15 is 0 Å². The summed E-state index contributed by atoms with van der Waals surface area (Å²) in [7, 11) is 0. The molecule has 0 aliphatic carbocycles. The zero-order valence-electron chi connectivity index (χ0n) is 12.8. The van der Waals surface area contributed by atoms with Gasteiger partial charge in [0.2, 0.25) is 0 Å². The largest absolute Gasteiger partial charge is 0.362 e. The summed E-state index contributed by atoms with van der Waals surface area (Å²) >= 11 is 1.74. The Morgan fingerprint density at radius 1 is 1.10 bits per heavy atom. The van der Waals surface area contributed by atoms with Gasteiger partial charge < -0.3 is 5.32 Å². The van der Waals surface area contributed by atoms with Gasteiger partial charge in [0.25, 0.3) is 0 Å². The SMILES string of the molecule is Cc1cccc([C@@H](C)Nc2nc(C)nc3cc(C)sc23)c1. The minimum atomic E-state index is 0.213. The minimum absolute atomic E-state index is 0.213. The molecule has 0 bridgehead atoms. The van der Waals surface area contributed by atoms with Gasteiger partial charge in [0.15, 0.2) is 0 Å². The third-order valence-corrected chi connectivity index (χ3v) is 4.55. The van der Waals surface area contributed by atoms with E-state index in [1.54, 1.807) is 11.3 Å². The predicted molar refractivity (Wildman–Crippen MR) is 90.1 cm³/mol. The topological polar surface area (TPSA) is 37.8 Å². The number of anilines is 1. The van der Waals surface area contributed by atoms with Gasteiger partial charge in [-0.3, -0.25) is 0 Å². The fraction of sp³-hybridized carbons (Fsp3) is 0.294.